The smallest absolute Gasteiger partial charge is 0.143 e. The van der Waals surface area contributed by atoms with Gasteiger partial charge in [-0.1, -0.05) is 151 Å². The lowest BCUT2D eigenvalue weighted by Gasteiger charge is -2.26. The summed E-state index contributed by atoms with van der Waals surface area (Å²) in [4.78, 5) is 1.64. The van der Waals surface area contributed by atoms with E-state index in [1.165, 1.54) is 0 Å². The van der Waals surface area contributed by atoms with Crippen LogP contribution in [0.15, 0.2) is 204 Å². The number of hydrogen-bond donors (Lipinski definition) is 0. The summed E-state index contributed by atoms with van der Waals surface area (Å²) in [6.45, 7) is 0. The van der Waals surface area contributed by atoms with E-state index >= 15 is 0 Å². The van der Waals surface area contributed by atoms with Gasteiger partial charge in [-0.15, -0.1) is 0 Å². The van der Waals surface area contributed by atoms with Crippen LogP contribution in [0.3, 0.4) is 0 Å². The molecular formula is C50H33NO. The Morgan fingerprint density at radius 1 is 0.404 bits per heavy atom. The molecule has 1 aromatic heterocycles. The molecule has 0 amide bonds. The summed E-state index contributed by atoms with van der Waals surface area (Å²) in [5, 5.41) is 5.40. The number of anilines is 3. The maximum atomic E-state index is 9.61. The van der Waals surface area contributed by atoms with E-state index < -0.39 is 101 Å². The number of hydrogen-bond acceptors (Lipinski definition) is 2. The molecule has 52 heavy (non-hydrogen) atoms. The standard InChI is InChI=1S/C50H33NO/c1-2-9-34(10-3-1)36-17-19-37(20-18-36)38-23-28-43(29-24-38)51(44-30-25-39(26-31-44)42-22-21-35-11-4-5-13-41(35)33-42)47-15-8-16-48-49(47)46-32-27-40-12-6-7-14-45(40)50(46)52-48/h1-33H/i1D,2D,3D,9D,10D,17D,18D,19D,20D,23D,24D,28D,29D. The van der Waals surface area contributed by atoms with Crippen LogP contribution in [0.25, 0.3) is 76.9 Å². The lowest BCUT2D eigenvalue weighted by atomic mass is 9.99. The van der Waals surface area contributed by atoms with Gasteiger partial charge in [0.1, 0.15) is 11.2 Å². The first-order chi connectivity index (χ1) is 31.2. The molecule has 0 N–H and O–H groups in total. The first kappa shape index (κ1) is 19.5. The molecule has 244 valence electrons. The average molecular weight is 677 g/mol. The van der Waals surface area contributed by atoms with Gasteiger partial charge in [0.05, 0.1) is 28.9 Å². The van der Waals surface area contributed by atoms with Crippen LogP contribution in [0, 0.1) is 0 Å². The number of furan rings is 1. The molecule has 0 aliphatic carbocycles. The first-order valence-electron chi connectivity index (χ1n) is 23.2. The Morgan fingerprint density at radius 3 is 1.77 bits per heavy atom. The van der Waals surface area contributed by atoms with Crippen molar-refractivity contribution in [1.82, 2.24) is 0 Å². The largest absolute Gasteiger partial charge is 0.455 e. The highest BCUT2D eigenvalue weighted by Crippen LogP contribution is 2.45. The summed E-state index contributed by atoms with van der Waals surface area (Å²) >= 11 is 0. The fourth-order valence-corrected chi connectivity index (χ4v) is 6.76. The van der Waals surface area contributed by atoms with Gasteiger partial charge in [-0.2, -0.15) is 0 Å². The Kier molecular flexibility index (Phi) is 4.67. The average Bonchev–Trinajstić information content (AvgIpc) is 3.72. The number of rotatable bonds is 6. The molecule has 0 spiro atoms. The topological polar surface area (TPSA) is 16.4 Å². The van der Waals surface area contributed by atoms with Crippen molar-refractivity contribution in [2.45, 2.75) is 0 Å². The summed E-state index contributed by atoms with van der Waals surface area (Å²) in [7, 11) is 0. The molecule has 2 heteroatoms. The van der Waals surface area contributed by atoms with Crippen molar-refractivity contribution in [3.63, 3.8) is 0 Å². The van der Waals surface area contributed by atoms with E-state index in [0.29, 0.717) is 27.9 Å². The molecule has 0 saturated carbocycles. The highest BCUT2D eigenvalue weighted by Gasteiger charge is 2.20. The van der Waals surface area contributed by atoms with Crippen LogP contribution < -0.4 is 4.90 Å². The third kappa shape index (κ3) is 5.21. The summed E-state index contributed by atoms with van der Waals surface area (Å²) in [5.41, 5.74) is 1.67. The minimum Gasteiger partial charge on any atom is -0.455 e. The van der Waals surface area contributed by atoms with Crippen LogP contribution in [0.1, 0.15) is 17.8 Å². The maximum absolute atomic E-state index is 9.61. The van der Waals surface area contributed by atoms with Gasteiger partial charge in [0.2, 0.25) is 0 Å². The maximum Gasteiger partial charge on any atom is 0.143 e. The van der Waals surface area contributed by atoms with Crippen molar-refractivity contribution in [3.8, 4) is 33.4 Å². The molecule has 0 aliphatic heterocycles. The van der Waals surface area contributed by atoms with Gasteiger partial charge in [-0.25, -0.2) is 0 Å². The highest BCUT2D eigenvalue weighted by atomic mass is 16.3. The zero-order valence-corrected chi connectivity index (χ0v) is 27.4. The third-order valence-corrected chi connectivity index (χ3v) is 9.27. The van der Waals surface area contributed by atoms with Gasteiger partial charge >= 0.3 is 0 Å². The minimum atomic E-state index is -0.778. The van der Waals surface area contributed by atoms with Crippen molar-refractivity contribution in [2.75, 3.05) is 4.90 Å². The molecule has 0 saturated heterocycles. The van der Waals surface area contributed by atoms with Crippen molar-refractivity contribution in [3.05, 3.63) is 200 Å². The SMILES string of the molecule is [2H]c1c([2H])c([2H])c(-c2c([2H])c([2H])c(-c3c([2H])c([2H])c(N(c4ccc(-c5ccc6ccccc6c5)cc4)c4cccc5oc6c7ccccc7ccc6c45)c([2H])c3[2H])c([2H])c2[2H])c([2H])c1[2H]. The fraction of sp³-hybridized carbons (Fsp3) is 0. The third-order valence-electron chi connectivity index (χ3n) is 9.27. The highest BCUT2D eigenvalue weighted by molar-refractivity contribution is 6.19. The van der Waals surface area contributed by atoms with Crippen molar-refractivity contribution in [2.24, 2.45) is 0 Å². The molecular weight excluding hydrogens is 631 g/mol. The summed E-state index contributed by atoms with van der Waals surface area (Å²) in [5.74, 6) is 0. The fourth-order valence-electron chi connectivity index (χ4n) is 6.76. The normalized spacial score (nSPS) is 15.0. The number of benzene rings is 9. The van der Waals surface area contributed by atoms with E-state index in [2.05, 4.69) is 6.07 Å². The van der Waals surface area contributed by atoms with Crippen LogP contribution in [-0.2, 0) is 0 Å². The summed E-state index contributed by atoms with van der Waals surface area (Å²) in [6, 6.07) is 29.8. The predicted molar refractivity (Wildman–Crippen MR) is 220 cm³/mol. The van der Waals surface area contributed by atoms with E-state index in [-0.39, 0.29) is 5.69 Å². The van der Waals surface area contributed by atoms with Gasteiger partial charge < -0.3 is 9.32 Å². The van der Waals surface area contributed by atoms with Gasteiger partial charge in [0.25, 0.3) is 0 Å². The van der Waals surface area contributed by atoms with Crippen LogP contribution in [0.5, 0.6) is 0 Å². The van der Waals surface area contributed by atoms with Crippen LogP contribution in [0.4, 0.5) is 17.1 Å². The van der Waals surface area contributed by atoms with Crippen molar-refractivity contribution < 1.29 is 22.2 Å². The van der Waals surface area contributed by atoms with E-state index in [9.17, 15) is 5.48 Å². The Morgan fingerprint density at radius 2 is 1.02 bits per heavy atom. The Balaban J connectivity index is 1.21. The second kappa shape index (κ2) is 12.5. The molecule has 0 bridgehead atoms. The number of fused-ring (bicyclic) bond motifs is 6. The molecule has 0 fully saturated rings. The van der Waals surface area contributed by atoms with Crippen LogP contribution in [0.2, 0.25) is 0 Å². The van der Waals surface area contributed by atoms with E-state index in [1.54, 1.807) is 11.0 Å². The van der Waals surface area contributed by atoms with Gasteiger partial charge in [-0.3, -0.25) is 0 Å². The van der Waals surface area contributed by atoms with Gasteiger partial charge in [0.15, 0.2) is 0 Å². The Bertz CT molecular complexity index is 3570. The predicted octanol–water partition coefficient (Wildman–Crippen LogP) is 14.4. The molecule has 9 aromatic carbocycles. The molecule has 10 rings (SSSR count). The molecule has 0 atom stereocenters. The molecule has 10 aromatic rings. The second-order valence-electron chi connectivity index (χ2n) is 12.3. The van der Waals surface area contributed by atoms with Crippen molar-refractivity contribution in [1.29, 1.82) is 0 Å². The Hall–Kier alpha value is -6.90. The molecule has 2 nitrogen and oxygen atoms in total. The van der Waals surface area contributed by atoms with E-state index in [0.717, 1.165) is 38.1 Å². The Labute approximate surface area is 320 Å². The van der Waals surface area contributed by atoms with Gasteiger partial charge in [0, 0.05) is 22.1 Å². The zero-order chi connectivity index (χ0) is 45.7. The van der Waals surface area contributed by atoms with E-state index in [4.69, 9.17) is 16.8 Å². The lowest BCUT2D eigenvalue weighted by molar-refractivity contribution is 0.672. The zero-order valence-electron chi connectivity index (χ0n) is 40.4. The van der Waals surface area contributed by atoms with Crippen LogP contribution >= 0.6 is 0 Å². The quantitative estimate of drug-likeness (QED) is 0.174. The first-order valence-corrected chi connectivity index (χ1v) is 16.7. The summed E-state index contributed by atoms with van der Waals surface area (Å²) < 4.78 is 122. The number of nitrogens with zero attached hydrogens (tertiary/aromatic N) is 1. The van der Waals surface area contributed by atoms with Gasteiger partial charge in [-0.05, 0) is 98.0 Å². The molecule has 1 heterocycles. The molecule has 0 aliphatic rings. The second-order valence-corrected chi connectivity index (χ2v) is 12.3. The lowest BCUT2D eigenvalue weighted by Crippen LogP contribution is -2.10. The summed E-state index contributed by atoms with van der Waals surface area (Å²) in [6.07, 6.45) is 0. The van der Waals surface area contributed by atoms with Crippen LogP contribution in [-0.4, -0.2) is 0 Å². The molecule has 0 radical (unpaired) electrons. The molecule has 0 unspecified atom stereocenters. The minimum absolute atomic E-state index is 0.157. The van der Waals surface area contributed by atoms with E-state index in [1.807, 2.05) is 109 Å². The monoisotopic (exact) mass is 676 g/mol. The van der Waals surface area contributed by atoms with Crippen molar-refractivity contribution >= 4 is 60.5 Å².